The number of aromatic nitrogens is 2. The fraction of sp³-hybridized carbons (Fsp3) is 0.158. The second-order valence-corrected chi connectivity index (χ2v) is 8.35. The fourth-order valence-corrected chi connectivity index (χ4v) is 3.45. The summed E-state index contributed by atoms with van der Waals surface area (Å²) in [6.07, 6.45) is 1.11. The van der Waals surface area contributed by atoms with Crippen LogP contribution in [0.1, 0.15) is 21.6 Å². The van der Waals surface area contributed by atoms with Crippen molar-refractivity contribution in [2.45, 2.75) is 18.4 Å². The van der Waals surface area contributed by atoms with Crippen LogP contribution in [0.4, 0.5) is 0 Å². The van der Waals surface area contributed by atoms with Gasteiger partial charge in [0.25, 0.3) is 0 Å². The van der Waals surface area contributed by atoms with Crippen LogP contribution in [-0.4, -0.2) is 30.4 Å². The molecular formula is C19H17ClN2O4S. The zero-order valence-corrected chi connectivity index (χ0v) is 16.3. The third kappa shape index (κ3) is 4.20. The number of hydrogen-bond acceptors (Lipinski definition) is 5. The number of ether oxygens (including phenoxy) is 1. The molecule has 0 N–H and O–H groups in total. The normalized spacial score (nSPS) is 11.4. The Labute approximate surface area is 162 Å². The molecule has 0 fully saturated rings. The fourth-order valence-electron chi connectivity index (χ4n) is 2.49. The molecule has 27 heavy (non-hydrogen) atoms. The second-order valence-electron chi connectivity index (χ2n) is 5.97. The zero-order chi connectivity index (χ0) is 19.6. The smallest absolute Gasteiger partial charge is 0.338 e. The van der Waals surface area contributed by atoms with Crippen LogP contribution < -0.4 is 0 Å². The minimum Gasteiger partial charge on any atom is -0.457 e. The van der Waals surface area contributed by atoms with E-state index in [2.05, 4.69) is 5.10 Å². The van der Waals surface area contributed by atoms with Crippen molar-refractivity contribution in [2.24, 2.45) is 0 Å². The average molecular weight is 405 g/mol. The van der Waals surface area contributed by atoms with Crippen LogP contribution in [0, 0.1) is 6.92 Å². The largest absolute Gasteiger partial charge is 0.457 e. The molecular weight excluding hydrogens is 388 g/mol. The Kier molecular flexibility index (Phi) is 5.34. The van der Waals surface area contributed by atoms with Crippen LogP contribution >= 0.6 is 11.6 Å². The van der Waals surface area contributed by atoms with Gasteiger partial charge in [-0.15, -0.1) is 0 Å². The lowest BCUT2D eigenvalue weighted by Crippen LogP contribution is -2.06. The first-order chi connectivity index (χ1) is 12.8. The maximum Gasteiger partial charge on any atom is 0.338 e. The van der Waals surface area contributed by atoms with Crippen LogP contribution in [0.3, 0.4) is 0 Å². The van der Waals surface area contributed by atoms with Crippen LogP contribution in [0.2, 0.25) is 5.15 Å². The van der Waals surface area contributed by atoms with Gasteiger partial charge in [0.2, 0.25) is 0 Å². The van der Waals surface area contributed by atoms with Crippen molar-refractivity contribution in [3.63, 3.8) is 0 Å². The Morgan fingerprint density at radius 3 is 2.33 bits per heavy atom. The van der Waals surface area contributed by atoms with Gasteiger partial charge in [0.1, 0.15) is 11.8 Å². The predicted octanol–water partition coefficient (Wildman–Crippen LogP) is 3.59. The summed E-state index contributed by atoms with van der Waals surface area (Å²) in [5.74, 6) is -0.571. The number of nitrogens with zero attached hydrogens (tertiary/aromatic N) is 2. The quantitative estimate of drug-likeness (QED) is 0.607. The van der Waals surface area contributed by atoms with Crippen LogP contribution in [0.5, 0.6) is 0 Å². The number of benzene rings is 2. The lowest BCUT2D eigenvalue weighted by Gasteiger charge is -2.06. The van der Waals surface area contributed by atoms with E-state index >= 15 is 0 Å². The molecule has 0 atom stereocenters. The van der Waals surface area contributed by atoms with Gasteiger partial charge in [0.15, 0.2) is 9.84 Å². The number of aryl methyl sites for hydroxylation is 1. The van der Waals surface area contributed by atoms with Gasteiger partial charge < -0.3 is 4.74 Å². The van der Waals surface area contributed by atoms with Crippen molar-refractivity contribution < 1.29 is 17.9 Å². The highest BCUT2D eigenvalue weighted by molar-refractivity contribution is 7.90. The molecule has 3 rings (SSSR count). The van der Waals surface area contributed by atoms with E-state index in [0.717, 1.165) is 11.9 Å². The van der Waals surface area contributed by atoms with E-state index < -0.39 is 15.8 Å². The summed E-state index contributed by atoms with van der Waals surface area (Å²) in [4.78, 5) is 12.4. The molecule has 2 aromatic carbocycles. The van der Waals surface area contributed by atoms with Crippen LogP contribution in [0.15, 0.2) is 59.5 Å². The summed E-state index contributed by atoms with van der Waals surface area (Å²) in [5, 5.41) is 4.77. The first kappa shape index (κ1) is 19.1. The molecule has 1 aromatic heterocycles. The van der Waals surface area contributed by atoms with Gasteiger partial charge in [0, 0.05) is 11.8 Å². The molecule has 0 bridgehead atoms. The average Bonchev–Trinajstić information content (AvgIpc) is 2.94. The Balaban J connectivity index is 1.75. The van der Waals surface area contributed by atoms with Crippen LogP contribution in [-0.2, 0) is 21.2 Å². The SMILES string of the molecule is Cc1nn(-c2ccccc2)c(Cl)c1COC(=O)c1ccc(S(C)(=O)=O)cc1. The summed E-state index contributed by atoms with van der Waals surface area (Å²) in [5.41, 5.74) is 2.33. The van der Waals surface area contributed by atoms with E-state index in [-0.39, 0.29) is 17.1 Å². The van der Waals surface area contributed by atoms with Crippen molar-refractivity contribution in [2.75, 3.05) is 6.26 Å². The molecule has 0 saturated heterocycles. The van der Waals surface area contributed by atoms with E-state index in [1.807, 2.05) is 30.3 Å². The van der Waals surface area contributed by atoms with E-state index in [0.29, 0.717) is 16.4 Å². The van der Waals surface area contributed by atoms with Gasteiger partial charge in [-0.25, -0.2) is 17.9 Å². The summed E-state index contributed by atoms with van der Waals surface area (Å²) in [6.45, 7) is 1.75. The number of carbonyl (C=O) groups excluding carboxylic acids is 1. The van der Waals surface area contributed by atoms with Gasteiger partial charge >= 0.3 is 5.97 Å². The van der Waals surface area contributed by atoms with E-state index in [9.17, 15) is 13.2 Å². The summed E-state index contributed by atoms with van der Waals surface area (Å²) >= 11 is 6.41. The summed E-state index contributed by atoms with van der Waals surface area (Å²) in [7, 11) is -3.32. The molecule has 0 aliphatic rings. The Morgan fingerprint density at radius 2 is 1.74 bits per heavy atom. The molecule has 8 heteroatoms. The van der Waals surface area contributed by atoms with Crippen molar-refractivity contribution in [1.82, 2.24) is 9.78 Å². The monoisotopic (exact) mass is 404 g/mol. The standard InChI is InChI=1S/C19H17ClN2O4S/c1-13-17(18(20)22(21-13)15-6-4-3-5-7-15)12-26-19(23)14-8-10-16(11-9-14)27(2,24)25/h3-11H,12H2,1-2H3. The number of halogens is 1. The minimum absolute atomic E-state index is 0.0375. The topological polar surface area (TPSA) is 78.3 Å². The Morgan fingerprint density at radius 1 is 1.11 bits per heavy atom. The number of rotatable bonds is 5. The highest BCUT2D eigenvalue weighted by Crippen LogP contribution is 2.24. The third-order valence-corrected chi connectivity index (χ3v) is 5.50. The highest BCUT2D eigenvalue weighted by Gasteiger charge is 2.17. The van der Waals surface area contributed by atoms with Gasteiger partial charge in [-0.05, 0) is 43.3 Å². The van der Waals surface area contributed by atoms with Gasteiger partial charge in [-0.1, -0.05) is 29.8 Å². The minimum atomic E-state index is -3.32. The second kappa shape index (κ2) is 7.54. The molecule has 3 aromatic rings. The number of esters is 1. The predicted molar refractivity (Wildman–Crippen MR) is 102 cm³/mol. The summed E-state index contributed by atoms with van der Waals surface area (Å²) in [6, 6.07) is 15.0. The molecule has 0 radical (unpaired) electrons. The molecule has 6 nitrogen and oxygen atoms in total. The first-order valence-corrected chi connectivity index (χ1v) is 10.3. The molecule has 140 valence electrons. The van der Waals surface area contributed by atoms with Crippen molar-refractivity contribution >= 4 is 27.4 Å². The molecule has 0 amide bonds. The van der Waals surface area contributed by atoms with Gasteiger partial charge in [0.05, 0.1) is 21.8 Å². The molecule has 0 spiro atoms. The van der Waals surface area contributed by atoms with Crippen molar-refractivity contribution in [3.05, 3.63) is 76.6 Å². The lowest BCUT2D eigenvalue weighted by molar-refractivity contribution is 0.0472. The lowest BCUT2D eigenvalue weighted by atomic mass is 10.2. The molecule has 0 saturated carbocycles. The molecule has 0 aliphatic heterocycles. The number of carbonyl (C=O) groups is 1. The van der Waals surface area contributed by atoms with E-state index in [4.69, 9.17) is 16.3 Å². The number of sulfone groups is 1. The van der Waals surface area contributed by atoms with E-state index in [1.165, 1.54) is 24.3 Å². The Hall–Kier alpha value is -2.64. The van der Waals surface area contributed by atoms with Gasteiger partial charge in [-0.2, -0.15) is 5.10 Å². The van der Waals surface area contributed by atoms with Gasteiger partial charge in [-0.3, -0.25) is 0 Å². The maximum absolute atomic E-state index is 12.2. The zero-order valence-electron chi connectivity index (χ0n) is 14.7. The highest BCUT2D eigenvalue weighted by atomic mass is 35.5. The maximum atomic E-state index is 12.2. The van der Waals surface area contributed by atoms with E-state index in [1.54, 1.807) is 11.6 Å². The number of hydrogen-bond donors (Lipinski definition) is 0. The first-order valence-electron chi connectivity index (χ1n) is 8.04. The molecule has 0 aliphatic carbocycles. The van der Waals surface area contributed by atoms with Crippen molar-refractivity contribution in [1.29, 1.82) is 0 Å². The van der Waals surface area contributed by atoms with Crippen LogP contribution in [0.25, 0.3) is 5.69 Å². The number of para-hydroxylation sites is 1. The molecule has 0 unspecified atom stereocenters. The Bertz CT molecular complexity index is 1070. The third-order valence-electron chi connectivity index (χ3n) is 3.99. The summed E-state index contributed by atoms with van der Waals surface area (Å²) < 4.78 is 29.9. The van der Waals surface area contributed by atoms with Crippen molar-refractivity contribution in [3.8, 4) is 5.69 Å². The molecule has 1 heterocycles.